The summed E-state index contributed by atoms with van der Waals surface area (Å²) in [5.74, 6) is -0.863. The van der Waals surface area contributed by atoms with E-state index in [1.807, 2.05) is 27.1 Å². The summed E-state index contributed by atoms with van der Waals surface area (Å²) >= 11 is 1.33. The van der Waals surface area contributed by atoms with E-state index in [0.717, 1.165) is 11.1 Å². The molecular formula is C16H20N4O3S. The second-order valence-corrected chi connectivity index (χ2v) is 6.24. The molecule has 24 heavy (non-hydrogen) atoms. The molecule has 2 aromatic heterocycles. The lowest BCUT2D eigenvalue weighted by molar-refractivity contribution is -0.133. The Labute approximate surface area is 144 Å². The molecule has 0 atom stereocenters. The highest BCUT2D eigenvalue weighted by molar-refractivity contribution is 7.13. The molecule has 0 spiro atoms. The number of thiazole rings is 1. The molecule has 0 unspecified atom stereocenters. The van der Waals surface area contributed by atoms with Crippen molar-refractivity contribution < 1.29 is 14.3 Å². The molecule has 0 aliphatic carbocycles. The second kappa shape index (κ2) is 7.87. The largest absolute Gasteiger partial charge is 0.451 e. The fourth-order valence-electron chi connectivity index (χ4n) is 2.03. The fraction of sp³-hybridized carbons (Fsp3) is 0.375. The first-order valence-electron chi connectivity index (χ1n) is 7.44. The van der Waals surface area contributed by atoms with Crippen LogP contribution in [0.4, 0.5) is 0 Å². The fourth-order valence-corrected chi connectivity index (χ4v) is 2.79. The van der Waals surface area contributed by atoms with Crippen molar-refractivity contribution in [3.63, 3.8) is 0 Å². The highest BCUT2D eigenvalue weighted by atomic mass is 32.1. The Balaban J connectivity index is 1.94. The second-order valence-electron chi connectivity index (χ2n) is 5.38. The first-order chi connectivity index (χ1) is 11.4. The lowest BCUT2D eigenvalue weighted by atomic mass is 10.3. The van der Waals surface area contributed by atoms with Crippen molar-refractivity contribution in [2.24, 2.45) is 7.05 Å². The number of nitrogens with zero attached hydrogens (tertiary/aromatic N) is 4. The number of aryl methyl sites for hydroxylation is 1. The number of carbonyl (C=O) groups is 2. The molecular weight excluding hydrogens is 328 g/mol. The highest BCUT2D eigenvalue weighted by Crippen LogP contribution is 2.23. The molecule has 0 bridgehead atoms. The summed E-state index contributed by atoms with van der Waals surface area (Å²) in [5, 5.41) is 6.36. The molecule has 128 valence electrons. The first kappa shape index (κ1) is 17.9. The molecule has 0 N–H and O–H groups in total. The summed E-state index contributed by atoms with van der Waals surface area (Å²) in [7, 11) is 1.81. The van der Waals surface area contributed by atoms with Gasteiger partial charge in [0.05, 0.1) is 6.20 Å². The Morgan fingerprint density at radius 2 is 2.21 bits per heavy atom. The molecule has 7 nitrogen and oxygen atoms in total. The van der Waals surface area contributed by atoms with Crippen LogP contribution < -0.4 is 0 Å². The van der Waals surface area contributed by atoms with Gasteiger partial charge in [0.15, 0.2) is 12.3 Å². The summed E-state index contributed by atoms with van der Waals surface area (Å²) < 4.78 is 6.73. The first-order valence-corrected chi connectivity index (χ1v) is 8.32. The van der Waals surface area contributed by atoms with Crippen LogP contribution in [0.25, 0.3) is 10.6 Å². The van der Waals surface area contributed by atoms with Gasteiger partial charge in [-0.25, -0.2) is 9.78 Å². The Morgan fingerprint density at radius 3 is 2.79 bits per heavy atom. The van der Waals surface area contributed by atoms with Crippen LogP contribution in [0, 0.1) is 0 Å². The molecule has 0 aliphatic rings. The molecule has 0 fully saturated rings. The van der Waals surface area contributed by atoms with Crippen LogP contribution in [-0.4, -0.2) is 51.2 Å². The van der Waals surface area contributed by atoms with E-state index in [1.54, 1.807) is 21.2 Å². The Hall–Kier alpha value is -2.48. The Morgan fingerprint density at radius 1 is 1.46 bits per heavy atom. The van der Waals surface area contributed by atoms with Gasteiger partial charge in [0.25, 0.3) is 5.91 Å². The molecule has 0 saturated carbocycles. The maximum absolute atomic E-state index is 12.1. The van der Waals surface area contributed by atoms with E-state index in [4.69, 9.17) is 4.74 Å². The molecule has 2 aromatic rings. The van der Waals surface area contributed by atoms with Crippen molar-refractivity contribution in [1.82, 2.24) is 19.7 Å². The van der Waals surface area contributed by atoms with Gasteiger partial charge in [0.2, 0.25) is 0 Å². The summed E-state index contributed by atoms with van der Waals surface area (Å²) in [6, 6.07) is 0. The van der Waals surface area contributed by atoms with Crippen LogP contribution in [0.3, 0.4) is 0 Å². The minimum absolute atomic E-state index is 0.189. The number of carbonyl (C=O) groups excluding carboxylic acids is 2. The zero-order chi connectivity index (χ0) is 17.7. The molecule has 8 heteroatoms. The van der Waals surface area contributed by atoms with Crippen molar-refractivity contribution in [3.8, 4) is 10.6 Å². The van der Waals surface area contributed by atoms with Crippen molar-refractivity contribution in [3.05, 3.63) is 35.6 Å². The molecule has 0 aromatic carbocycles. The molecule has 0 aliphatic heterocycles. The van der Waals surface area contributed by atoms with Gasteiger partial charge >= 0.3 is 5.97 Å². The van der Waals surface area contributed by atoms with E-state index < -0.39 is 5.97 Å². The third-order valence-corrected chi connectivity index (χ3v) is 4.08. The van der Waals surface area contributed by atoms with Gasteiger partial charge in [0, 0.05) is 37.3 Å². The maximum atomic E-state index is 12.1. The summed E-state index contributed by atoms with van der Waals surface area (Å²) in [5.41, 5.74) is 1.89. The average Bonchev–Trinajstić information content (AvgIpc) is 3.18. The average molecular weight is 348 g/mol. The monoisotopic (exact) mass is 348 g/mol. The van der Waals surface area contributed by atoms with E-state index in [9.17, 15) is 9.59 Å². The third kappa shape index (κ3) is 4.51. The number of likely N-dealkylation sites (N-methyl/N-ethyl adjacent to an activating group) is 1. The van der Waals surface area contributed by atoms with Crippen molar-refractivity contribution in [1.29, 1.82) is 0 Å². The van der Waals surface area contributed by atoms with Crippen molar-refractivity contribution >= 4 is 23.2 Å². The molecule has 2 heterocycles. The van der Waals surface area contributed by atoms with Crippen LogP contribution in [0.5, 0.6) is 0 Å². The quantitative estimate of drug-likeness (QED) is 0.566. The minimum Gasteiger partial charge on any atom is -0.451 e. The number of ether oxygens (including phenoxy) is 1. The third-order valence-electron chi connectivity index (χ3n) is 3.19. The van der Waals surface area contributed by atoms with Gasteiger partial charge in [-0.15, -0.1) is 11.3 Å². The minimum atomic E-state index is -0.610. The Bertz CT molecular complexity index is 750. The molecule has 0 saturated heterocycles. The predicted molar refractivity (Wildman–Crippen MR) is 91.7 cm³/mol. The predicted octanol–water partition coefficient (Wildman–Crippen LogP) is 2.12. The topological polar surface area (TPSA) is 77.3 Å². The van der Waals surface area contributed by atoms with E-state index in [1.165, 1.54) is 11.3 Å². The van der Waals surface area contributed by atoms with Crippen LogP contribution in [-0.2, 0) is 16.6 Å². The lowest BCUT2D eigenvalue weighted by Gasteiger charge is -2.20. The van der Waals surface area contributed by atoms with Gasteiger partial charge in [-0.05, 0) is 13.8 Å². The Kier molecular flexibility index (Phi) is 5.86. The number of esters is 1. The van der Waals surface area contributed by atoms with Crippen LogP contribution in [0.2, 0.25) is 0 Å². The van der Waals surface area contributed by atoms with E-state index in [0.29, 0.717) is 18.1 Å². The highest BCUT2D eigenvalue weighted by Gasteiger charge is 2.18. The normalized spacial score (nSPS) is 10.5. The number of aromatic nitrogens is 3. The van der Waals surface area contributed by atoms with E-state index in [-0.39, 0.29) is 18.2 Å². The van der Waals surface area contributed by atoms with E-state index in [2.05, 4.69) is 16.7 Å². The number of amides is 1. The van der Waals surface area contributed by atoms with E-state index >= 15 is 0 Å². The SMILES string of the molecule is C=C(C)CN(CC)C(=O)COC(=O)c1csc(-c2cnn(C)c2)n1. The molecule has 1 amide bonds. The molecule has 0 radical (unpaired) electrons. The number of rotatable bonds is 7. The maximum Gasteiger partial charge on any atom is 0.358 e. The summed E-state index contributed by atoms with van der Waals surface area (Å²) in [6.45, 7) is 8.17. The molecule has 2 rings (SSSR count). The van der Waals surface area contributed by atoms with Crippen LogP contribution in [0.1, 0.15) is 24.3 Å². The van der Waals surface area contributed by atoms with Gasteiger partial charge in [0.1, 0.15) is 5.01 Å². The summed E-state index contributed by atoms with van der Waals surface area (Å²) in [4.78, 5) is 29.9. The standard InChI is InChI=1S/C16H20N4O3S/c1-5-20(7-11(2)3)14(21)9-23-16(22)13-10-24-15(18-13)12-6-17-19(4)8-12/h6,8,10H,2,5,7,9H2,1,3-4H3. The zero-order valence-electron chi connectivity index (χ0n) is 14.0. The van der Waals surface area contributed by atoms with Crippen LogP contribution >= 0.6 is 11.3 Å². The number of hydrogen-bond acceptors (Lipinski definition) is 6. The smallest absolute Gasteiger partial charge is 0.358 e. The number of hydrogen-bond donors (Lipinski definition) is 0. The lowest BCUT2D eigenvalue weighted by Crippen LogP contribution is -2.35. The zero-order valence-corrected chi connectivity index (χ0v) is 14.8. The van der Waals surface area contributed by atoms with Gasteiger partial charge in [-0.3, -0.25) is 9.48 Å². The van der Waals surface area contributed by atoms with Crippen molar-refractivity contribution in [2.45, 2.75) is 13.8 Å². The van der Waals surface area contributed by atoms with Crippen molar-refractivity contribution in [2.75, 3.05) is 19.7 Å². The summed E-state index contributed by atoms with van der Waals surface area (Å²) in [6.07, 6.45) is 3.49. The van der Waals surface area contributed by atoms with Gasteiger partial charge < -0.3 is 9.64 Å². The van der Waals surface area contributed by atoms with Gasteiger partial charge in [-0.2, -0.15) is 5.10 Å². The van der Waals surface area contributed by atoms with Gasteiger partial charge in [-0.1, -0.05) is 12.2 Å². The van der Waals surface area contributed by atoms with Crippen LogP contribution in [0.15, 0.2) is 29.9 Å².